The van der Waals surface area contributed by atoms with Gasteiger partial charge in [-0.1, -0.05) is 12.1 Å². The molecule has 0 fully saturated rings. The quantitative estimate of drug-likeness (QED) is 0.794. The van der Waals surface area contributed by atoms with Gasteiger partial charge in [0.2, 0.25) is 0 Å². The number of carbonyl (C=O) groups excluding carboxylic acids is 1. The lowest BCUT2D eigenvalue weighted by Crippen LogP contribution is -2.30. The van der Waals surface area contributed by atoms with E-state index in [1.165, 1.54) is 16.7 Å². The number of furan rings is 1. The molecule has 0 saturated heterocycles. The van der Waals surface area contributed by atoms with Crippen LogP contribution in [0, 0.1) is 0 Å². The van der Waals surface area contributed by atoms with E-state index in [4.69, 9.17) is 4.42 Å². The molecule has 5 heteroatoms. The van der Waals surface area contributed by atoms with Crippen LogP contribution in [0.25, 0.3) is 0 Å². The summed E-state index contributed by atoms with van der Waals surface area (Å²) >= 11 is 0. The molecule has 0 spiro atoms. The van der Waals surface area contributed by atoms with Gasteiger partial charge in [-0.15, -0.1) is 0 Å². The maximum Gasteiger partial charge on any atom is 0.274 e. The number of hydrogen-bond acceptors (Lipinski definition) is 4. The number of carbonyl (C=O) groups is 1. The van der Waals surface area contributed by atoms with E-state index >= 15 is 0 Å². The fraction of sp³-hybridized carbons (Fsp3) is 0.200. The number of hydrogen-bond donors (Lipinski definition) is 1. The SMILES string of the molecule is O=C(Nc1ccc2c(c1)CN(Cc1ccoc1)CC2)c1ccccn1. The van der Waals surface area contributed by atoms with E-state index < -0.39 is 0 Å². The molecule has 1 aromatic carbocycles. The number of aromatic nitrogens is 1. The molecule has 126 valence electrons. The Morgan fingerprint density at radius 3 is 2.96 bits per heavy atom. The van der Waals surface area contributed by atoms with Crippen molar-refractivity contribution >= 4 is 11.6 Å². The molecule has 4 rings (SSSR count). The average molecular weight is 333 g/mol. The fourth-order valence-electron chi connectivity index (χ4n) is 3.16. The van der Waals surface area contributed by atoms with Crippen LogP contribution in [0.4, 0.5) is 5.69 Å². The van der Waals surface area contributed by atoms with Crippen molar-refractivity contribution in [2.75, 3.05) is 11.9 Å². The number of nitrogens with one attached hydrogen (secondary N) is 1. The minimum Gasteiger partial charge on any atom is -0.472 e. The predicted octanol–water partition coefficient (Wildman–Crippen LogP) is 3.49. The maximum absolute atomic E-state index is 12.3. The molecule has 0 saturated carbocycles. The zero-order valence-electron chi connectivity index (χ0n) is 13.8. The van der Waals surface area contributed by atoms with E-state index in [0.717, 1.165) is 31.7 Å². The topological polar surface area (TPSA) is 58.4 Å². The molecule has 1 aliphatic rings. The van der Waals surface area contributed by atoms with E-state index in [0.29, 0.717) is 5.69 Å². The first kappa shape index (κ1) is 15.6. The molecule has 1 amide bonds. The lowest BCUT2D eigenvalue weighted by Gasteiger charge is -2.28. The van der Waals surface area contributed by atoms with Gasteiger partial charge in [0.05, 0.1) is 12.5 Å². The summed E-state index contributed by atoms with van der Waals surface area (Å²) in [5.41, 5.74) is 5.01. The Balaban J connectivity index is 1.47. The summed E-state index contributed by atoms with van der Waals surface area (Å²) in [6.07, 6.45) is 6.13. The number of fused-ring (bicyclic) bond motifs is 1. The average Bonchev–Trinajstić information content (AvgIpc) is 3.15. The zero-order chi connectivity index (χ0) is 17.1. The second-order valence-electron chi connectivity index (χ2n) is 6.24. The molecule has 25 heavy (non-hydrogen) atoms. The standard InChI is InChI=1S/C20H19N3O2/c24-20(19-3-1-2-8-21-19)22-18-5-4-16-6-9-23(13-17(16)11-18)12-15-7-10-25-14-15/h1-5,7-8,10-11,14H,6,9,12-13H2,(H,22,24). The summed E-state index contributed by atoms with van der Waals surface area (Å²) in [6.45, 7) is 2.77. The first-order valence-corrected chi connectivity index (χ1v) is 8.35. The molecule has 0 unspecified atom stereocenters. The van der Waals surface area contributed by atoms with Crippen molar-refractivity contribution in [3.05, 3.63) is 83.6 Å². The molecule has 3 aromatic rings. The Hall–Kier alpha value is -2.92. The van der Waals surface area contributed by atoms with Gasteiger partial charge in [0.15, 0.2) is 0 Å². The number of anilines is 1. The molecular formula is C20H19N3O2. The Bertz CT molecular complexity index is 860. The van der Waals surface area contributed by atoms with Gasteiger partial charge in [-0.05, 0) is 47.9 Å². The highest BCUT2D eigenvalue weighted by Gasteiger charge is 2.17. The van der Waals surface area contributed by atoms with Crippen LogP contribution in [0.5, 0.6) is 0 Å². The van der Waals surface area contributed by atoms with Gasteiger partial charge in [0.25, 0.3) is 5.91 Å². The van der Waals surface area contributed by atoms with Crippen molar-refractivity contribution in [2.45, 2.75) is 19.5 Å². The molecule has 0 bridgehead atoms. The summed E-state index contributed by atoms with van der Waals surface area (Å²) in [6, 6.07) is 13.5. The fourth-order valence-corrected chi connectivity index (χ4v) is 3.16. The summed E-state index contributed by atoms with van der Waals surface area (Å²) in [7, 11) is 0. The van der Waals surface area contributed by atoms with Crippen LogP contribution in [-0.2, 0) is 19.5 Å². The Labute approximate surface area is 146 Å². The van der Waals surface area contributed by atoms with Gasteiger partial charge in [-0.3, -0.25) is 14.7 Å². The molecule has 0 radical (unpaired) electrons. The minimum absolute atomic E-state index is 0.188. The van der Waals surface area contributed by atoms with Gasteiger partial charge < -0.3 is 9.73 Å². The molecular weight excluding hydrogens is 314 g/mol. The number of nitrogens with zero attached hydrogens (tertiary/aromatic N) is 2. The molecule has 2 aromatic heterocycles. The highest BCUT2D eigenvalue weighted by Crippen LogP contribution is 2.24. The third-order valence-electron chi connectivity index (χ3n) is 4.44. The lowest BCUT2D eigenvalue weighted by atomic mass is 9.98. The lowest BCUT2D eigenvalue weighted by molar-refractivity contribution is 0.102. The van der Waals surface area contributed by atoms with Gasteiger partial charge in [-0.25, -0.2) is 0 Å². The second kappa shape index (κ2) is 6.91. The zero-order valence-corrected chi connectivity index (χ0v) is 13.8. The number of rotatable bonds is 4. The number of amides is 1. The van der Waals surface area contributed by atoms with Crippen LogP contribution in [0.2, 0.25) is 0 Å². The second-order valence-corrected chi connectivity index (χ2v) is 6.24. The summed E-state index contributed by atoms with van der Waals surface area (Å²) in [5.74, 6) is -0.188. The van der Waals surface area contributed by atoms with Gasteiger partial charge in [0, 0.05) is 37.1 Å². The van der Waals surface area contributed by atoms with Crippen LogP contribution in [0.15, 0.2) is 65.6 Å². The Morgan fingerprint density at radius 1 is 1.20 bits per heavy atom. The molecule has 3 heterocycles. The first-order valence-electron chi connectivity index (χ1n) is 8.35. The van der Waals surface area contributed by atoms with E-state index in [9.17, 15) is 4.79 Å². The summed E-state index contributed by atoms with van der Waals surface area (Å²) < 4.78 is 5.15. The third kappa shape index (κ3) is 3.61. The smallest absolute Gasteiger partial charge is 0.274 e. The Morgan fingerprint density at radius 2 is 2.16 bits per heavy atom. The molecule has 0 atom stereocenters. The van der Waals surface area contributed by atoms with E-state index in [-0.39, 0.29) is 5.91 Å². The maximum atomic E-state index is 12.3. The highest BCUT2D eigenvalue weighted by molar-refractivity contribution is 6.02. The normalized spacial score (nSPS) is 14.1. The van der Waals surface area contributed by atoms with Crippen molar-refractivity contribution in [1.82, 2.24) is 9.88 Å². The third-order valence-corrected chi connectivity index (χ3v) is 4.44. The van der Waals surface area contributed by atoms with Crippen molar-refractivity contribution in [3.63, 3.8) is 0 Å². The monoisotopic (exact) mass is 333 g/mol. The Kier molecular flexibility index (Phi) is 4.31. The van der Waals surface area contributed by atoms with E-state index in [2.05, 4.69) is 27.3 Å². The molecule has 1 N–H and O–H groups in total. The first-order chi connectivity index (χ1) is 12.3. The minimum atomic E-state index is -0.188. The number of pyridine rings is 1. The van der Waals surface area contributed by atoms with Crippen molar-refractivity contribution in [2.24, 2.45) is 0 Å². The summed E-state index contributed by atoms with van der Waals surface area (Å²) in [4.78, 5) is 18.7. The van der Waals surface area contributed by atoms with E-state index in [1.54, 1.807) is 30.9 Å². The molecule has 0 aliphatic carbocycles. The van der Waals surface area contributed by atoms with Gasteiger partial charge in [-0.2, -0.15) is 0 Å². The van der Waals surface area contributed by atoms with Crippen molar-refractivity contribution in [1.29, 1.82) is 0 Å². The van der Waals surface area contributed by atoms with Crippen molar-refractivity contribution < 1.29 is 9.21 Å². The molecule has 1 aliphatic heterocycles. The highest BCUT2D eigenvalue weighted by atomic mass is 16.3. The van der Waals surface area contributed by atoms with E-state index in [1.807, 2.05) is 18.2 Å². The van der Waals surface area contributed by atoms with Crippen LogP contribution in [0.1, 0.15) is 27.2 Å². The van der Waals surface area contributed by atoms with Crippen LogP contribution >= 0.6 is 0 Å². The van der Waals surface area contributed by atoms with Gasteiger partial charge >= 0.3 is 0 Å². The van der Waals surface area contributed by atoms with Crippen LogP contribution in [0.3, 0.4) is 0 Å². The van der Waals surface area contributed by atoms with Gasteiger partial charge in [0.1, 0.15) is 5.69 Å². The van der Waals surface area contributed by atoms with Crippen molar-refractivity contribution in [3.8, 4) is 0 Å². The predicted molar refractivity (Wildman–Crippen MR) is 95.2 cm³/mol. The number of benzene rings is 1. The summed E-state index contributed by atoms with van der Waals surface area (Å²) in [5, 5.41) is 2.93. The van der Waals surface area contributed by atoms with Crippen LogP contribution in [-0.4, -0.2) is 22.3 Å². The largest absolute Gasteiger partial charge is 0.472 e. The van der Waals surface area contributed by atoms with Crippen LogP contribution < -0.4 is 5.32 Å². The molecule has 5 nitrogen and oxygen atoms in total.